The lowest BCUT2D eigenvalue weighted by Crippen LogP contribution is -2.23. The van der Waals surface area contributed by atoms with Crippen LogP contribution in [0.5, 0.6) is 0 Å². The molecule has 246 valence electrons. The van der Waals surface area contributed by atoms with Crippen LogP contribution < -0.4 is 0 Å². The van der Waals surface area contributed by atoms with Crippen LogP contribution in [0.3, 0.4) is 0 Å². The molecule has 0 bridgehead atoms. The normalized spacial score (nSPS) is 12.8. The molecule has 7 heteroatoms. The Morgan fingerprint density at radius 2 is 1.29 bits per heavy atom. The van der Waals surface area contributed by atoms with Crippen LogP contribution in [-0.2, 0) is 33.3 Å². The molecule has 0 radical (unpaired) electrons. The van der Waals surface area contributed by atoms with Crippen molar-refractivity contribution in [2.75, 3.05) is 34.0 Å². The number of methoxy groups -OCH3 is 2. The van der Waals surface area contributed by atoms with Crippen LogP contribution in [0.4, 0.5) is 0 Å². The molecule has 0 rings (SSSR count). The van der Waals surface area contributed by atoms with Gasteiger partial charge in [-0.2, -0.15) is 0 Å². The molecule has 0 heterocycles. The third kappa shape index (κ3) is 28.4. The largest absolute Gasteiger partial charge is 0.462 e. The van der Waals surface area contributed by atoms with Crippen LogP contribution in [0, 0.1) is 5.92 Å². The second-order valence-corrected chi connectivity index (χ2v) is 11.6. The van der Waals surface area contributed by atoms with Gasteiger partial charge in [0.05, 0.1) is 6.42 Å². The molecule has 0 saturated heterocycles. The predicted molar refractivity (Wildman–Crippen MR) is 171 cm³/mol. The molecule has 0 aliphatic heterocycles. The smallest absolute Gasteiger partial charge is 0.306 e. The van der Waals surface area contributed by atoms with Gasteiger partial charge in [-0.05, 0) is 63.7 Å². The molecule has 42 heavy (non-hydrogen) atoms. The topological polar surface area (TPSA) is 88.1 Å². The van der Waals surface area contributed by atoms with E-state index in [1.807, 2.05) is 6.08 Å². The summed E-state index contributed by atoms with van der Waals surface area (Å²) >= 11 is 0. The average Bonchev–Trinajstić information content (AvgIpc) is 2.98. The molecule has 0 aromatic carbocycles. The SMILES string of the molecule is CCCCCC/C=C/COC(=O)CCCCCCCCC(CCCCCCCC=O)OC(=O)CC(CCOC)COC. The zero-order valence-electron chi connectivity index (χ0n) is 27.4. The van der Waals surface area contributed by atoms with Crippen molar-refractivity contribution in [3.05, 3.63) is 12.2 Å². The third-order valence-electron chi connectivity index (χ3n) is 7.62. The molecular weight excluding hydrogens is 532 g/mol. The summed E-state index contributed by atoms with van der Waals surface area (Å²) in [4.78, 5) is 35.1. The lowest BCUT2D eigenvalue weighted by molar-refractivity contribution is -0.151. The maximum Gasteiger partial charge on any atom is 0.306 e. The van der Waals surface area contributed by atoms with Gasteiger partial charge in [0.2, 0.25) is 0 Å². The van der Waals surface area contributed by atoms with Crippen molar-refractivity contribution in [1.82, 2.24) is 0 Å². The maximum absolute atomic E-state index is 12.7. The Labute approximate surface area is 257 Å². The van der Waals surface area contributed by atoms with Crippen molar-refractivity contribution in [2.45, 2.75) is 154 Å². The third-order valence-corrected chi connectivity index (χ3v) is 7.62. The van der Waals surface area contributed by atoms with Gasteiger partial charge in [0.15, 0.2) is 0 Å². The van der Waals surface area contributed by atoms with E-state index in [-0.39, 0.29) is 24.0 Å². The van der Waals surface area contributed by atoms with Gasteiger partial charge in [-0.15, -0.1) is 0 Å². The highest BCUT2D eigenvalue weighted by molar-refractivity contribution is 5.70. The summed E-state index contributed by atoms with van der Waals surface area (Å²) < 4.78 is 21.7. The molecule has 0 aromatic rings. The van der Waals surface area contributed by atoms with Crippen molar-refractivity contribution in [1.29, 1.82) is 0 Å². The van der Waals surface area contributed by atoms with Crippen LogP contribution in [-0.4, -0.2) is 58.4 Å². The number of esters is 2. The molecule has 7 nitrogen and oxygen atoms in total. The van der Waals surface area contributed by atoms with E-state index in [0.29, 0.717) is 39.1 Å². The van der Waals surface area contributed by atoms with Crippen molar-refractivity contribution in [2.24, 2.45) is 5.92 Å². The van der Waals surface area contributed by atoms with E-state index in [2.05, 4.69) is 13.0 Å². The number of hydrogen-bond acceptors (Lipinski definition) is 7. The van der Waals surface area contributed by atoms with Gasteiger partial charge in [0.25, 0.3) is 0 Å². The van der Waals surface area contributed by atoms with Crippen LogP contribution in [0.15, 0.2) is 12.2 Å². The minimum atomic E-state index is -0.140. The first-order valence-electron chi connectivity index (χ1n) is 17.0. The standard InChI is InChI=1S/C35H64O7/c1-4-5-6-7-12-17-22-28-41-34(37)25-20-15-9-8-13-18-23-33(24-19-14-10-11-16-21-27-36)42-35(38)30-32(31-40-3)26-29-39-2/h17,22,27,32-33H,4-16,18-21,23-26,28-31H2,1-3H3/b22-17+. The van der Waals surface area contributed by atoms with Gasteiger partial charge in [-0.25, -0.2) is 0 Å². The van der Waals surface area contributed by atoms with Gasteiger partial charge in [0.1, 0.15) is 19.0 Å². The Bertz CT molecular complexity index is 649. The zero-order chi connectivity index (χ0) is 30.9. The number of carbonyl (C=O) groups excluding carboxylic acids is 3. The van der Waals surface area contributed by atoms with E-state index in [1.165, 1.54) is 25.7 Å². The molecule has 0 aromatic heterocycles. The summed E-state index contributed by atoms with van der Waals surface area (Å²) in [5.41, 5.74) is 0. The van der Waals surface area contributed by atoms with Crippen molar-refractivity contribution >= 4 is 18.2 Å². The predicted octanol–water partition coefficient (Wildman–Crippen LogP) is 8.71. The molecule has 0 amide bonds. The fourth-order valence-corrected chi connectivity index (χ4v) is 5.06. The Kier molecular flexibility index (Phi) is 30.9. The van der Waals surface area contributed by atoms with E-state index in [9.17, 15) is 14.4 Å². The quantitative estimate of drug-likeness (QED) is 0.0332. The first kappa shape index (κ1) is 40.3. The highest BCUT2D eigenvalue weighted by atomic mass is 16.5. The molecule has 0 aliphatic carbocycles. The van der Waals surface area contributed by atoms with Crippen molar-refractivity contribution in [3.63, 3.8) is 0 Å². The van der Waals surface area contributed by atoms with Gasteiger partial charge in [0, 0.05) is 40.3 Å². The van der Waals surface area contributed by atoms with Gasteiger partial charge < -0.3 is 23.7 Å². The van der Waals surface area contributed by atoms with Crippen LogP contribution in [0.25, 0.3) is 0 Å². The van der Waals surface area contributed by atoms with Crippen LogP contribution in [0.2, 0.25) is 0 Å². The Balaban J connectivity index is 4.20. The molecule has 0 aliphatic rings. The molecule has 0 N–H and O–H groups in total. The lowest BCUT2D eigenvalue weighted by atomic mass is 10.0. The fourth-order valence-electron chi connectivity index (χ4n) is 5.06. The summed E-state index contributed by atoms with van der Waals surface area (Å²) in [5.74, 6) is -0.137. The Morgan fingerprint density at radius 1 is 0.667 bits per heavy atom. The fraction of sp³-hybridized carbons (Fsp3) is 0.857. The van der Waals surface area contributed by atoms with Crippen LogP contribution >= 0.6 is 0 Å². The second-order valence-electron chi connectivity index (χ2n) is 11.6. The second kappa shape index (κ2) is 32.2. The minimum Gasteiger partial charge on any atom is -0.462 e. The minimum absolute atomic E-state index is 0.0433. The Morgan fingerprint density at radius 3 is 1.93 bits per heavy atom. The molecule has 0 fully saturated rings. The number of unbranched alkanes of at least 4 members (excludes halogenated alkanes) is 14. The molecule has 2 atom stereocenters. The highest BCUT2D eigenvalue weighted by Crippen LogP contribution is 2.19. The number of hydrogen-bond donors (Lipinski definition) is 0. The number of aldehydes is 1. The summed E-state index contributed by atoms with van der Waals surface area (Å²) in [6.07, 6.45) is 26.7. The van der Waals surface area contributed by atoms with E-state index in [0.717, 1.165) is 103 Å². The van der Waals surface area contributed by atoms with Gasteiger partial charge >= 0.3 is 11.9 Å². The molecule has 0 spiro atoms. The summed E-state index contributed by atoms with van der Waals surface area (Å²) in [6, 6.07) is 0. The molecular formula is C35H64O7. The van der Waals surface area contributed by atoms with Crippen LogP contribution in [0.1, 0.15) is 148 Å². The molecule has 2 unspecified atom stereocenters. The monoisotopic (exact) mass is 596 g/mol. The number of allylic oxidation sites excluding steroid dienone is 1. The van der Waals surface area contributed by atoms with Gasteiger partial charge in [-0.3, -0.25) is 9.59 Å². The molecule has 0 saturated carbocycles. The Hall–Kier alpha value is -1.73. The van der Waals surface area contributed by atoms with E-state index >= 15 is 0 Å². The highest BCUT2D eigenvalue weighted by Gasteiger charge is 2.19. The summed E-state index contributed by atoms with van der Waals surface area (Å²) in [5, 5.41) is 0. The first-order valence-corrected chi connectivity index (χ1v) is 17.0. The average molecular weight is 597 g/mol. The zero-order valence-corrected chi connectivity index (χ0v) is 27.4. The number of rotatable bonds is 32. The van der Waals surface area contributed by atoms with Crippen molar-refractivity contribution in [3.8, 4) is 0 Å². The summed E-state index contributed by atoms with van der Waals surface area (Å²) in [6.45, 7) is 3.73. The number of carbonyl (C=O) groups is 3. The van der Waals surface area contributed by atoms with E-state index in [4.69, 9.17) is 18.9 Å². The van der Waals surface area contributed by atoms with Gasteiger partial charge in [-0.1, -0.05) is 83.3 Å². The van der Waals surface area contributed by atoms with Crippen molar-refractivity contribution < 1.29 is 33.3 Å². The lowest BCUT2D eigenvalue weighted by Gasteiger charge is -2.20. The summed E-state index contributed by atoms with van der Waals surface area (Å²) in [7, 11) is 3.33. The first-order chi connectivity index (χ1) is 20.6. The number of ether oxygens (including phenoxy) is 4. The van der Waals surface area contributed by atoms with E-state index in [1.54, 1.807) is 14.2 Å². The maximum atomic E-state index is 12.7. The van der Waals surface area contributed by atoms with E-state index < -0.39 is 0 Å².